The van der Waals surface area contributed by atoms with E-state index in [4.69, 9.17) is 0 Å². The van der Waals surface area contributed by atoms with Crippen LogP contribution in [0.25, 0.3) is 0 Å². The minimum absolute atomic E-state index is 0.0796. The Balaban J connectivity index is 1.88. The fourth-order valence-electron chi connectivity index (χ4n) is 4.32. The first kappa shape index (κ1) is 21.8. The lowest BCUT2D eigenvalue weighted by Crippen LogP contribution is -2.57. The molecular weight excluding hydrogens is 384 g/mol. The third-order valence-corrected chi connectivity index (χ3v) is 6.13. The molecule has 8 nitrogen and oxygen atoms in total. The maximum atomic E-state index is 13.5. The number of benzene rings is 1. The van der Waals surface area contributed by atoms with Gasteiger partial charge < -0.3 is 16.0 Å². The molecule has 0 aromatic heterocycles. The van der Waals surface area contributed by atoms with Crippen LogP contribution in [-0.2, 0) is 32.0 Å². The van der Waals surface area contributed by atoms with E-state index in [0.717, 1.165) is 16.8 Å². The van der Waals surface area contributed by atoms with Gasteiger partial charge >= 0.3 is 0 Å². The van der Waals surface area contributed by atoms with Crippen LogP contribution in [0.1, 0.15) is 44.7 Å². The zero-order valence-electron chi connectivity index (χ0n) is 18.0. The van der Waals surface area contributed by atoms with E-state index in [9.17, 15) is 19.2 Å². The lowest BCUT2D eigenvalue weighted by molar-refractivity contribution is -0.132. The Morgan fingerprint density at radius 1 is 1.23 bits per heavy atom. The summed E-state index contributed by atoms with van der Waals surface area (Å²) in [6.07, 6.45) is 2.21. The van der Waals surface area contributed by atoms with Gasteiger partial charge in [0.25, 0.3) is 0 Å². The molecule has 3 N–H and O–H groups in total. The average Bonchev–Trinajstić information content (AvgIpc) is 3.06. The summed E-state index contributed by atoms with van der Waals surface area (Å²) in [6, 6.07) is 3.75. The maximum absolute atomic E-state index is 13.5. The smallest absolute Gasteiger partial charge is 0.250 e. The minimum atomic E-state index is -0.761. The number of hydrogen-bond donors (Lipinski definition) is 3. The molecule has 2 heterocycles. The van der Waals surface area contributed by atoms with Crippen molar-refractivity contribution < 1.29 is 19.2 Å². The van der Waals surface area contributed by atoms with E-state index in [-0.39, 0.29) is 29.5 Å². The second-order valence-electron chi connectivity index (χ2n) is 8.13. The number of amides is 4. The van der Waals surface area contributed by atoms with Crippen LogP contribution in [0.3, 0.4) is 0 Å². The second-order valence-corrected chi connectivity index (χ2v) is 8.13. The van der Waals surface area contributed by atoms with Gasteiger partial charge in [0, 0.05) is 20.4 Å². The lowest BCUT2D eigenvalue weighted by Gasteiger charge is -2.29. The molecule has 4 atom stereocenters. The number of nitrogens with zero attached hydrogens (tertiary/aromatic N) is 1. The molecule has 2 aliphatic heterocycles. The van der Waals surface area contributed by atoms with Crippen molar-refractivity contribution in [3.8, 4) is 0 Å². The SMILES string of the molecule is CC[C@H](C)[C@H](NC(C)=O)C(=O)NC1CCc2cccc3c2N(C1=O)C(C(=O)NC)C3. The van der Waals surface area contributed by atoms with E-state index in [1.165, 1.54) is 6.92 Å². The molecule has 162 valence electrons. The van der Waals surface area contributed by atoms with Gasteiger partial charge in [0.15, 0.2) is 0 Å². The molecule has 3 rings (SSSR count). The van der Waals surface area contributed by atoms with Gasteiger partial charge in [0.05, 0.1) is 5.69 Å². The molecule has 0 radical (unpaired) electrons. The number of carbonyl (C=O) groups excluding carboxylic acids is 4. The fourth-order valence-corrected chi connectivity index (χ4v) is 4.32. The number of carbonyl (C=O) groups is 4. The summed E-state index contributed by atoms with van der Waals surface area (Å²) in [7, 11) is 1.55. The number of likely N-dealkylation sites (N-methyl/N-ethyl adjacent to an activating group) is 1. The largest absolute Gasteiger partial charge is 0.357 e. The molecule has 1 aromatic carbocycles. The Labute approximate surface area is 176 Å². The maximum Gasteiger partial charge on any atom is 0.250 e. The quantitative estimate of drug-likeness (QED) is 0.636. The van der Waals surface area contributed by atoms with Crippen LogP contribution >= 0.6 is 0 Å². The first-order valence-corrected chi connectivity index (χ1v) is 10.5. The number of aryl methyl sites for hydroxylation is 1. The van der Waals surface area contributed by atoms with E-state index >= 15 is 0 Å². The minimum Gasteiger partial charge on any atom is -0.357 e. The molecule has 0 aliphatic carbocycles. The highest BCUT2D eigenvalue weighted by Crippen LogP contribution is 2.39. The van der Waals surface area contributed by atoms with Crippen molar-refractivity contribution in [2.75, 3.05) is 11.9 Å². The van der Waals surface area contributed by atoms with Crippen molar-refractivity contribution in [1.82, 2.24) is 16.0 Å². The van der Waals surface area contributed by atoms with Gasteiger partial charge in [-0.05, 0) is 29.9 Å². The van der Waals surface area contributed by atoms with E-state index in [2.05, 4.69) is 16.0 Å². The van der Waals surface area contributed by atoms with Gasteiger partial charge in [0.2, 0.25) is 23.6 Å². The van der Waals surface area contributed by atoms with Crippen LogP contribution in [0, 0.1) is 5.92 Å². The van der Waals surface area contributed by atoms with Gasteiger partial charge in [-0.1, -0.05) is 38.5 Å². The molecule has 0 bridgehead atoms. The summed E-state index contributed by atoms with van der Waals surface area (Å²) in [6.45, 7) is 5.20. The third kappa shape index (κ3) is 4.04. The number of nitrogens with one attached hydrogen (secondary N) is 3. The van der Waals surface area contributed by atoms with Crippen LogP contribution < -0.4 is 20.9 Å². The molecule has 1 aromatic rings. The van der Waals surface area contributed by atoms with E-state index in [0.29, 0.717) is 25.7 Å². The van der Waals surface area contributed by atoms with Crippen molar-refractivity contribution in [1.29, 1.82) is 0 Å². The van der Waals surface area contributed by atoms with Crippen LogP contribution in [-0.4, -0.2) is 48.8 Å². The summed E-state index contributed by atoms with van der Waals surface area (Å²) >= 11 is 0. The van der Waals surface area contributed by atoms with Crippen molar-refractivity contribution in [2.24, 2.45) is 5.92 Å². The van der Waals surface area contributed by atoms with Crippen LogP contribution in [0.2, 0.25) is 0 Å². The Bertz CT molecular complexity index is 869. The molecule has 2 aliphatic rings. The standard InChI is InChI=1S/C22H30N4O4/c1-5-12(2)18(24-13(3)27)21(29)25-16-10-9-14-7-6-8-15-11-17(20(28)23-4)26(19(14)15)22(16)30/h6-8,12,16-18H,5,9-11H2,1-4H3,(H,23,28)(H,24,27)(H,25,29)/t12-,16?,17?,18-/m0/s1. The van der Waals surface area contributed by atoms with E-state index in [1.807, 2.05) is 32.0 Å². The second kappa shape index (κ2) is 8.85. The van der Waals surface area contributed by atoms with E-state index in [1.54, 1.807) is 11.9 Å². The van der Waals surface area contributed by atoms with Crippen LogP contribution in [0.5, 0.6) is 0 Å². The van der Waals surface area contributed by atoms with Gasteiger partial charge in [-0.25, -0.2) is 0 Å². The molecule has 0 saturated heterocycles. The first-order valence-electron chi connectivity index (χ1n) is 10.5. The normalized spacial score (nSPS) is 21.9. The van der Waals surface area contributed by atoms with Gasteiger partial charge in [-0.3, -0.25) is 24.1 Å². The van der Waals surface area contributed by atoms with Gasteiger partial charge in [0.1, 0.15) is 18.1 Å². The number of anilines is 1. The van der Waals surface area contributed by atoms with Crippen molar-refractivity contribution >= 4 is 29.3 Å². The van der Waals surface area contributed by atoms with Crippen molar-refractivity contribution in [3.05, 3.63) is 29.3 Å². The molecule has 4 amide bonds. The summed E-state index contributed by atoms with van der Waals surface area (Å²) in [5, 5.41) is 8.19. The summed E-state index contributed by atoms with van der Waals surface area (Å²) in [5.74, 6) is -1.26. The molecule has 0 spiro atoms. The molecule has 8 heteroatoms. The molecule has 0 saturated carbocycles. The summed E-state index contributed by atoms with van der Waals surface area (Å²) in [5.41, 5.74) is 2.77. The highest BCUT2D eigenvalue weighted by molar-refractivity contribution is 6.08. The van der Waals surface area contributed by atoms with Crippen molar-refractivity contribution in [2.45, 2.75) is 64.6 Å². The zero-order chi connectivity index (χ0) is 22.0. The zero-order valence-corrected chi connectivity index (χ0v) is 18.0. The highest BCUT2D eigenvalue weighted by Gasteiger charge is 2.44. The third-order valence-electron chi connectivity index (χ3n) is 6.13. The fraction of sp³-hybridized carbons (Fsp3) is 0.545. The predicted molar refractivity (Wildman–Crippen MR) is 113 cm³/mol. The van der Waals surface area contributed by atoms with E-state index < -0.39 is 18.1 Å². The number of rotatable bonds is 6. The van der Waals surface area contributed by atoms with Crippen LogP contribution in [0.15, 0.2) is 18.2 Å². The topological polar surface area (TPSA) is 108 Å². The Kier molecular flexibility index (Phi) is 6.43. The Morgan fingerprint density at radius 3 is 2.57 bits per heavy atom. The summed E-state index contributed by atoms with van der Waals surface area (Å²) < 4.78 is 0. The number of para-hydroxylation sites is 1. The Hall–Kier alpha value is -2.90. The molecule has 0 fully saturated rings. The van der Waals surface area contributed by atoms with Gasteiger partial charge in [-0.2, -0.15) is 0 Å². The van der Waals surface area contributed by atoms with Crippen molar-refractivity contribution in [3.63, 3.8) is 0 Å². The molecule has 30 heavy (non-hydrogen) atoms. The Morgan fingerprint density at radius 2 is 1.93 bits per heavy atom. The van der Waals surface area contributed by atoms with Crippen LogP contribution in [0.4, 0.5) is 5.69 Å². The first-order chi connectivity index (χ1) is 14.3. The molecular formula is C22H30N4O4. The lowest BCUT2D eigenvalue weighted by atomic mass is 9.97. The molecule has 2 unspecified atom stereocenters. The summed E-state index contributed by atoms with van der Waals surface area (Å²) in [4.78, 5) is 52.1. The number of hydrogen-bond acceptors (Lipinski definition) is 4. The average molecular weight is 415 g/mol. The predicted octanol–water partition coefficient (Wildman–Crippen LogP) is 0.672. The van der Waals surface area contributed by atoms with Gasteiger partial charge in [-0.15, -0.1) is 0 Å². The monoisotopic (exact) mass is 414 g/mol. The highest BCUT2D eigenvalue weighted by atomic mass is 16.2.